The van der Waals surface area contributed by atoms with Gasteiger partial charge < -0.3 is 10.2 Å². The van der Waals surface area contributed by atoms with Crippen LogP contribution in [0.3, 0.4) is 0 Å². The molecule has 0 radical (unpaired) electrons. The molecule has 0 unspecified atom stereocenters. The van der Waals surface area contributed by atoms with E-state index < -0.39 is 11.6 Å². The van der Waals surface area contributed by atoms with Crippen molar-refractivity contribution in [3.8, 4) is 0 Å². The zero-order chi connectivity index (χ0) is 13.7. The Balaban J connectivity index is 2.07. The second-order valence-corrected chi connectivity index (χ2v) is 4.40. The fourth-order valence-electron chi connectivity index (χ4n) is 2.00. The molecule has 1 aliphatic heterocycles. The zero-order valence-corrected chi connectivity index (χ0v) is 10.5. The fraction of sp³-hybridized carbons (Fsp3) is 0.357. The molecule has 1 fully saturated rings. The Morgan fingerprint density at radius 1 is 1.21 bits per heavy atom. The normalized spacial score (nSPS) is 16.6. The van der Waals surface area contributed by atoms with Crippen molar-refractivity contribution in [1.82, 2.24) is 10.2 Å². The van der Waals surface area contributed by atoms with Crippen molar-refractivity contribution in [3.63, 3.8) is 0 Å². The minimum Gasteiger partial charge on any atom is -0.338 e. The highest BCUT2D eigenvalue weighted by molar-refractivity contribution is 5.91. The van der Waals surface area contributed by atoms with Crippen molar-refractivity contribution >= 4 is 12.0 Å². The third-order valence-electron chi connectivity index (χ3n) is 3.04. The highest BCUT2D eigenvalue weighted by atomic mass is 19.1. The number of nitrogens with one attached hydrogen (secondary N) is 1. The topological polar surface area (TPSA) is 32.3 Å². The quantitative estimate of drug-likeness (QED) is 0.828. The Morgan fingerprint density at radius 2 is 1.95 bits per heavy atom. The third kappa shape index (κ3) is 3.61. The van der Waals surface area contributed by atoms with Gasteiger partial charge >= 0.3 is 0 Å². The van der Waals surface area contributed by atoms with Crippen molar-refractivity contribution in [2.24, 2.45) is 0 Å². The second kappa shape index (κ2) is 6.43. The van der Waals surface area contributed by atoms with Gasteiger partial charge in [0.1, 0.15) is 11.6 Å². The maximum absolute atomic E-state index is 13.4. The molecule has 0 aromatic heterocycles. The SMILES string of the molecule is O=C(/C=C/c1c(F)cccc1F)N1CCCNCC1. The van der Waals surface area contributed by atoms with Crippen LogP contribution >= 0.6 is 0 Å². The number of halogens is 2. The van der Waals surface area contributed by atoms with Crippen LogP contribution < -0.4 is 5.32 Å². The molecule has 1 saturated heterocycles. The van der Waals surface area contributed by atoms with Gasteiger partial charge in [0.05, 0.1) is 0 Å². The lowest BCUT2D eigenvalue weighted by molar-refractivity contribution is -0.125. The van der Waals surface area contributed by atoms with E-state index in [9.17, 15) is 13.6 Å². The molecule has 1 heterocycles. The van der Waals surface area contributed by atoms with Crippen molar-refractivity contribution < 1.29 is 13.6 Å². The predicted octanol–water partition coefficient (Wildman–Crippen LogP) is 1.80. The summed E-state index contributed by atoms with van der Waals surface area (Å²) < 4.78 is 26.8. The van der Waals surface area contributed by atoms with Gasteiger partial charge in [-0.15, -0.1) is 0 Å². The molecule has 3 nitrogen and oxygen atoms in total. The summed E-state index contributed by atoms with van der Waals surface area (Å²) in [6, 6.07) is 3.64. The molecule has 0 atom stereocenters. The molecule has 0 spiro atoms. The van der Waals surface area contributed by atoms with Gasteiger partial charge in [-0.05, 0) is 31.2 Å². The van der Waals surface area contributed by atoms with Gasteiger partial charge in [-0.1, -0.05) is 6.07 Å². The average Bonchev–Trinajstić information content (AvgIpc) is 2.66. The molecule has 19 heavy (non-hydrogen) atoms. The highest BCUT2D eigenvalue weighted by Crippen LogP contribution is 2.13. The molecule has 1 aliphatic rings. The number of benzene rings is 1. The molecule has 2 rings (SSSR count). The van der Waals surface area contributed by atoms with Crippen LogP contribution in [0.2, 0.25) is 0 Å². The standard InChI is InChI=1S/C14H16F2N2O/c15-12-3-1-4-13(16)11(12)5-6-14(19)18-9-2-7-17-8-10-18/h1,3-6,17H,2,7-10H2/b6-5+. The summed E-state index contributed by atoms with van der Waals surface area (Å²) >= 11 is 0. The van der Waals surface area contributed by atoms with Gasteiger partial charge in [0, 0.05) is 31.3 Å². The summed E-state index contributed by atoms with van der Waals surface area (Å²) in [6.07, 6.45) is 3.31. The van der Waals surface area contributed by atoms with E-state index in [2.05, 4.69) is 5.32 Å². The molecule has 1 N–H and O–H groups in total. The van der Waals surface area contributed by atoms with Gasteiger partial charge in [0.25, 0.3) is 0 Å². The number of carbonyl (C=O) groups excluding carboxylic acids is 1. The molecular formula is C14H16F2N2O. The van der Waals surface area contributed by atoms with Crippen LogP contribution in [0.4, 0.5) is 8.78 Å². The Labute approximate surface area is 110 Å². The van der Waals surface area contributed by atoms with Crippen LogP contribution in [0.15, 0.2) is 24.3 Å². The van der Waals surface area contributed by atoms with Gasteiger partial charge in [-0.3, -0.25) is 4.79 Å². The van der Waals surface area contributed by atoms with Crippen LogP contribution in [0.5, 0.6) is 0 Å². The lowest BCUT2D eigenvalue weighted by Gasteiger charge is -2.17. The first kappa shape index (κ1) is 13.7. The smallest absolute Gasteiger partial charge is 0.246 e. The summed E-state index contributed by atoms with van der Waals surface area (Å²) in [5, 5.41) is 3.19. The van der Waals surface area contributed by atoms with E-state index in [0.717, 1.165) is 19.5 Å². The lowest BCUT2D eigenvalue weighted by Crippen LogP contribution is -2.32. The van der Waals surface area contributed by atoms with Crippen LogP contribution in [-0.4, -0.2) is 37.0 Å². The largest absolute Gasteiger partial charge is 0.338 e. The number of amides is 1. The Kier molecular flexibility index (Phi) is 4.63. The van der Waals surface area contributed by atoms with Gasteiger partial charge in [-0.2, -0.15) is 0 Å². The monoisotopic (exact) mass is 266 g/mol. The van der Waals surface area contributed by atoms with E-state index in [1.165, 1.54) is 30.4 Å². The van der Waals surface area contributed by atoms with Crippen molar-refractivity contribution in [2.75, 3.05) is 26.2 Å². The van der Waals surface area contributed by atoms with E-state index in [1.54, 1.807) is 4.90 Å². The first-order chi connectivity index (χ1) is 9.18. The lowest BCUT2D eigenvalue weighted by atomic mass is 10.2. The van der Waals surface area contributed by atoms with Gasteiger partial charge in [0.2, 0.25) is 5.91 Å². The van der Waals surface area contributed by atoms with Crippen molar-refractivity contribution in [2.45, 2.75) is 6.42 Å². The molecular weight excluding hydrogens is 250 g/mol. The van der Waals surface area contributed by atoms with Crippen LogP contribution in [0.25, 0.3) is 6.08 Å². The molecule has 5 heteroatoms. The minimum absolute atomic E-state index is 0.177. The molecule has 0 aliphatic carbocycles. The van der Waals surface area contributed by atoms with E-state index in [4.69, 9.17) is 0 Å². The van der Waals surface area contributed by atoms with E-state index in [-0.39, 0.29) is 11.5 Å². The van der Waals surface area contributed by atoms with Crippen LogP contribution in [-0.2, 0) is 4.79 Å². The predicted molar refractivity (Wildman–Crippen MR) is 69.5 cm³/mol. The van der Waals surface area contributed by atoms with Gasteiger partial charge in [0.15, 0.2) is 0 Å². The summed E-state index contributed by atoms with van der Waals surface area (Å²) in [4.78, 5) is 13.6. The zero-order valence-electron chi connectivity index (χ0n) is 10.5. The number of carbonyl (C=O) groups is 1. The van der Waals surface area contributed by atoms with E-state index >= 15 is 0 Å². The maximum atomic E-state index is 13.4. The first-order valence-electron chi connectivity index (χ1n) is 6.30. The fourth-order valence-corrected chi connectivity index (χ4v) is 2.00. The average molecular weight is 266 g/mol. The molecule has 0 bridgehead atoms. The number of hydrogen-bond donors (Lipinski definition) is 1. The molecule has 102 valence electrons. The van der Waals surface area contributed by atoms with Crippen molar-refractivity contribution in [1.29, 1.82) is 0 Å². The minimum atomic E-state index is -0.665. The molecule has 1 amide bonds. The Hall–Kier alpha value is -1.75. The van der Waals surface area contributed by atoms with Crippen LogP contribution in [0.1, 0.15) is 12.0 Å². The Bertz CT molecular complexity index is 460. The second-order valence-electron chi connectivity index (χ2n) is 4.40. The van der Waals surface area contributed by atoms with Gasteiger partial charge in [-0.25, -0.2) is 8.78 Å². The summed E-state index contributed by atoms with van der Waals surface area (Å²) in [5.74, 6) is -1.55. The van der Waals surface area contributed by atoms with Crippen LogP contribution in [0, 0.1) is 11.6 Å². The molecule has 1 aromatic rings. The van der Waals surface area contributed by atoms with E-state index in [0.29, 0.717) is 13.1 Å². The number of nitrogens with zero attached hydrogens (tertiary/aromatic N) is 1. The summed E-state index contributed by atoms with van der Waals surface area (Å²) in [5.41, 5.74) is -0.177. The first-order valence-corrected chi connectivity index (χ1v) is 6.30. The number of hydrogen-bond acceptors (Lipinski definition) is 2. The van der Waals surface area contributed by atoms with E-state index in [1.807, 2.05) is 0 Å². The maximum Gasteiger partial charge on any atom is 0.246 e. The highest BCUT2D eigenvalue weighted by Gasteiger charge is 2.13. The third-order valence-corrected chi connectivity index (χ3v) is 3.04. The molecule has 0 saturated carbocycles. The Morgan fingerprint density at radius 3 is 2.68 bits per heavy atom. The number of rotatable bonds is 2. The summed E-state index contributed by atoms with van der Waals surface area (Å²) in [6.45, 7) is 2.90. The summed E-state index contributed by atoms with van der Waals surface area (Å²) in [7, 11) is 0. The molecule has 1 aromatic carbocycles. The van der Waals surface area contributed by atoms with Crippen molar-refractivity contribution in [3.05, 3.63) is 41.5 Å².